The zero-order valence-corrected chi connectivity index (χ0v) is 14.0. The molecule has 1 fully saturated rings. The molecule has 2 heterocycles. The number of ether oxygens (including phenoxy) is 1. The number of carbonyl (C=O) groups is 1. The molecule has 1 unspecified atom stereocenters. The lowest BCUT2D eigenvalue weighted by molar-refractivity contribution is 0.178. The molecule has 1 aliphatic heterocycles. The Kier molecular flexibility index (Phi) is 3.93. The Hall–Kier alpha value is -2.79. The first-order valence-electron chi connectivity index (χ1n) is 7.94. The van der Waals surface area contributed by atoms with Gasteiger partial charge in [0.25, 0.3) is 0 Å². The van der Waals surface area contributed by atoms with Crippen LogP contribution in [-0.2, 0) is 11.2 Å². The van der Waals surface area contributed by atoms with Gasteiger partial charge in [-0.1, -0.05) is 41.9 Å². The molecule has 0 bridgehead atoms. The third kappa shape index (κ3) is 2.87. The fraction of sp³-hybridized carbons (Fsp3) is 0.158. The first-order chi connectivity index (χ1) is 12.1. The minimum atomic E-state index is -0.507. The summed E-state index contributed by atoms with van der Waals surface area (Å²) in [5.41, 5.74) is 1.78. The van der Waals surface area contributed by atoms with Crippen LogP contribution in [-0.4, -0.2) is 23.7 Å². The maximum atomic E-state index is 12.9. The number of pyridine rings is 1. The molecule has 126 valence electrons. The summed E-state index contributed by atoms with van der Waals surface area (Å²) in [5, 5.41) is 0.920. The van der Waals surface area contributed by atoms with E-state index in [1.807, 2.05) is 30.3 Å². The number of aromatic amines is 1. The van der Waals surface area contributed by atoms with Crippen LogP contribution in [0.5, 0.6) is 0 Å². The molecule has 0 aliphatic carbocycles. The van der Waals surface area contributed by atoms with Crippen LogP contribution in [0.3, 0.4) is 0 Å². The molecule has 1 aliphatic rings. The average molecular weight is 355 g/mol. The highest BCUT2D eigenvalue weighted by Crippen LogP contribution is 2.24. The normalized spacial score (nSPS) is 17.1. The Bertz CT molecular complexity index is 1000. The number of halogens is 1. The highest BCUT2D eigenvalue weighted by Gasteiger charge is 2.36. The molecule has 1 aromatic heterocycles. The Morgan fingerprint density at radius 1 is 1.16 bits per heavy atom. The van der Waals surface area contributed by atoms with Crippen LogP contribution in [0.25, 0.3) is 10.9 Å². The van der Waals surface area contributed by atoms with Crippen molar-refractivity contribution in [2.75, 3.05) is 11.5 Å². The predicted molar refractivity (Wildman–Crippen MR) is 97.3 cm³/mol. The number of nitrogens with zero attached hydrogens (tertiary/aromatic N) is 1. The van der Waals surface area contributed by atoms with Crippen molar-refractivity contribution in [3.05, 3.63) is 75.5 Å². The van der Waals surface area contributed by atoms with Crippen LogP contribution in [0.15, 0.2) is 59.5 Å². The fourth-order valence-electron chi connectivity index (χ4n) is 3.15. The second-order valence-corrected chi connectivity index (χ2v) is 6.42. The van der Waals surface area contributed by atoms with Crippen LogP contribution in [0.2, 0.25) is 5.02 Å². The summed E-state index contributed by atoms with van der Waals surface area (Å²) in [6.45, 7) is 0.251. The van der Waals surface area contributed by atoms with Crippen molar-refractivity contribution < 1.29 is 9.53 Å². The molecule has 6 heteroatoms. The topological polar surface area (TPSA) is 62.4 Å². The summed E-state index contributed by atoms with van der Waals surface area (Å²) < 4.78 is 5.20. The lowest BCUT2D eigenvalue weighted by Gasteiger charge is -2.21. The van der Waals surface area contributed by atoms with E-state index < -0.39 is 6.09 Å². The van der Waals surface area contributed by atoms with Crippen LogP contribution in [0.1, 0.15) is 5.56 Å². The summed E-state index contributed by atoms with van der Waals surface area (Å²) >= 11 is 6.01. The minimum absolute atomic E-state index is 0.229. The molecule has 0 saturated carbocycles. The number of anilines is 1. The molecule has 1 N–H and O–H groups in total. The maximum absolute atomic E-state index is 12.9. The molecule has 1 amide bonds. The van der Waals surface area contributed by atoms with Crippen molar-refractivity contribution in [1.29, 1.82) is 0 Å². The predicted octanol–water partition coefficient (Wildman–Crippen LogP) is 3.75. The van der Waals surface area contributed by atoms with Crippen molar-refractivity contribution in [2.45, 2.75) is 12.5 Å². The first kappa shape index (κ1) is 15.7. The monoisotopic (exact) mass is 354 g/mol. The van der Waals surface area contributed by atoms with Gasteiger partial charge in [0.15, 0.2) is 0 Å². The van der Waals surface area contributed by atoms with Gasteiger partial charge in [0, 0.05) is 22.1 Å². The summed E-state index contributed by atoms with van der Waals surface area (Å²) in [6, 6.07) is 14.6. The van der Waals surface area contributed by atoms with Gasteiger partial charge in [-0.2, -0.15) is 0 Å². The molecule has 0 spiro atoms. The number of carbonyl (C=O) groups excluding carboxylic acids is 1. The highest BCUT2D eigenvalue weighted by atomic mass is 35.5. The summed E-state index contributed by atoms with van der Waals surface area (Å²) in [4.78, 5) is 29.6. The SMILES string of the molecule is O=C1OCC(Cc2ccccc2)N1c1c[nH]c2ccc(Cl)cc2c1=O. The zero-order valence-electron chi connectivity index (χ0n) is 13.2. The van der Waals surface area contributed by atoms with E-state index in [9.17, 15) is 9.59 Å². The molecule has 3 aromatic rings. The first-order valence-corrected chi connectivity index (χ1v) is 8.32. The second kappa shape index (κ2) is 6.26. The number of fused-ring (bicyclic) bond motifs is 1. The molecule has 1 saturated heterocycles. The number of hydrogen-bond donors (Lipinski definition) is 1. The van der Waals surface area contributed by atoms with Crippen LogP contribution >= 0.6 is 11.6 Å². The number of amides is 1. The molecular weight excluding hydrogens is 340 g/mol. The van der Waals surface area contributed by atoms with Crippen molar-refractivity contribution in [3.63, 3.8) is 0 Å². The van der Waals surface area contributed by atoms with E-state index in [4.69, 9.17) is 16.3 Å². The van der Waals surface area contributed by atoms with Crippen molar-refractivity contribution in [1.82, 2.24) is 4.98 Å². The van der Waals surface area contributed by atoms with E-state index in [0.29, 0.717) is 22.3 Å². The molecule has 2 aromatic carbocycles. The van der Waals surface area contributed by atoms with E-state index in [-0.39, 0.29) is 23.8 Å². The van der Waals surface area contributed by atoms with Crippen molar-refractivity contribution >= 4 is 34.3 Å². The third-order valence-corrected chi connectivity index (χ3v) is 4.59. The van der Waals surface area contributed by atoms with E-state index in [1.165, 1.54) is 4.90 Å². The number of hydrogen-bond acceptors (Lipinski definition) is 3. The standard InChI is InChI=1S/C19H15ClN2O3/c20-13-6-7-16-15(9-13)18(23)17(10-21-16)22-14(11-25-19(22)24)8-12-4-2-1-3-5-12/h1-7,9-10,14H,8,11H2,(H,21,23). The largest absolute Gasteiger partial charge is 0.447 e. The van der Waals surface area contributed by atoms with E-state index in [2.05, 4.69) is 4.98 Å². The Morgan fingerprint density at radius 2 is 1.96 bits per heavy atom. The van der Waals surface area contributed by atoms with E-state index in [1.54, 1.807) is 24.4 Å². The van der Waals surface area contributed by atoms with Gasteiger partial charge in [0.05, 0.1) is 6.04 Å². The number of rotatable bonds is 3. The summed E-state index contributed by atoms with van der Waals surface area (Å²) in [5.74, 6) is 0. The quantitative estimate of drug-likeness (QED) is 0.779. The van der Waals surface area contributed by atoms with Gasteiger partial charge in [-0.05, 0) is 30.2 Å². The molecule has 0 radical (unpaired) electrons. The smallest absolute Gasteiger partial charge is 0.414 e. The van der Waals surface area contributed by atoms with Gasteiger partial charge in [-0.25, -0.2) is 4.79 Å². The van der Waals surface area contributed by atoms with Gasteiger partial charge in [-0.15, -0.1) is 0 Å². The van der Waals surface area contributed by atoms with E-state index >= 15 is 0 Å². The lowest BCUT2D eigenvalue weighted by Crippen LogP contribution is -2.38. The number of cyclic esters (lactones) is 1. The molecule has 5 nitrogen and oxygen atoms in total. The average Bonchev–Trinajstić information content (AvgIpc) is 2.97. The zero-order chi connectivity index (χ0) is 17.4. The fourth-order valence-corrected chi connectivity index (χ4v) is 3.32. The summed E-state index contributed by atoms with van der Waals surface area (Å²) in [7, 11) is 0. The minimum Gasteiger partial charge on any atom is -0.447 e. The Morgan fingerprint density at radius 3 is 2.76 bits per heavy atom. The Balaban J connectivity index is 1.76. The lowest BCUT2D eigenvalue weighted by atomic mass is 10.1. The van der Waals surface area contributed by atoms with Crippen LogP contribution in [0, 0.1) is 0 Å². The van der Waals surface area contributed by atoms with Gasteiger partial charge < -0.3 is 9.72 Å². The van der Waals surface area contributed by atoms with Gasteiger partial charge >= 0.3 is 6.09 Å². The number of H-pyrrole nitrogens is 1. The van der Waals surface area contributed by atoms with Crippen LogP contribution < -0.4 is 10.3 Å². The molecule has 25 heavy (non-hydrogen) atoms. The van der Waals surface area contributed by atoms with Gasteiger partial charge in [0.1, 0.15) is 12.3 Å². The number of benzene rings is 2. The Labute approximate surface area is 148 Å². The third-order valence-electron chi connectivity index (χ3n) is 4.36. The van der Waals surface area contributed by atoms with Crippen molar-refractivity contribution in [2.24, 2.45) is 0 Å². The number of nitrogens with one attached hydrogen (secondary N) is 1. The van der Waals surface area contributed by atoms with Crippen LogP contribution in [0.4, 0.5) is 10.5 Å². The molecular formula is C19H15ClN2O3. The van der Waals surface area contributed by atoms with Gasteiger partial charge in [-0.3, -0.25) is 9.69 Å². The number of aromatic nitrogens is 1. The molecule has 1 atom stereocenters. The second-order valence-electron chi connectivity index (χ2n) is 5.98. The highest BCUT2D eigenvalue weighted by molar-refractivity contribution is 6.31. The van der Waals surface area contributed by atoms with E-state index in [0.717, 1.165) is 5.56 Å². The van der Waals surface area contributed by atoms with Crippen molar-refractivity contribution in [3.8, 4) is 0 Å². The molecule has 4 rings (SSSR count). The maximum Gasteiger partial charge on any atom is 0.414 e. The van der Waals surface area contributed by atoms with Gasteiger partial charge in [0.2, 0.25) is 5.43 Å². The summed E-state index contributed by atoms with van der Waals surface area (Å²) in [6.07, 6.45) is 1.66.